The number of alkyl halides is 6. The number of halogens is 7. The summed E-state index contributed by atoms with van der Waals surface area (Å²) >= 11 is 5.87. The Labute approximate surface area is 168 Å². The van der Waals surface area contributed by atoms with Crippen LogP contribution in [0.2, 0.25) is 5.02 Å². The van der Waals surface area contributed by atoms with Gasteiger partial charge in [-0.05, 0) is 48.4 Å². The summed E-state index contributed by atoms with van der Waals surface area (Å²) in [4.78, 5) is 0. The van der Waals surface area contributed by atoms with E-state index in [0.717, 1.165) is 0 Å². The molecule has 0 spiro atoms. The number of nitrogens with two attached hydrogens (primary N) is 1. The number of hydrogen-bond donors (Lipinski definition) is 2. The smallest absolute Gasteiger partial charge is 0.385 e. The molecule has 0 fully saturated rings. The fourth-order valence-electron chi connectivity index (χ4n) is 2.70. The van der Waals surface area contributed by atoms with Gasteiger partial charge in [-0.3, -0.25) is 0 Å². The number of rotatable bonds is 6. The van der Waals surface area contributed by atoms with Crippen molar-refractivity contribution in [3.05, 3.63) is 69.7 Å². The summed E-state index contributed by atoms with van der Waals surface area (Å²) in [6.07, 6.45) is -11.2. The largest absolute Gasteiger partial charge is 0.416 e. The molecule has 2 aromatic rings. The van der Waals surface area contributed by atoms with Gasteiger partial charge in [-0.2, -0.15) is 26.3 Å². The van der Waals surface area contributed by atoms with E-state index in [9.17, 15) is 31.4 Å². The zero-order valence-electron chi connectivity index (χ0n) is 15.1. The van der Waals surface area contributed by atoms with E-state index in [1.807, 2.05) is 0 Å². The van der Waals surface area contributed by atoms with Crippen LogP contribution in [-0.4, -0.2) is 11.3 Å². The van der Waals surface area contributed by atoms with Crippen molar-refractivity contribution < 1.29 is 36.2 Å². The van der Waals surface area contributed by atoms with Crippen molar-refractivity contribution in [3.8, 4) is 0 Å². The minimum atomic E-state index is -4.95. The first-order valence-electron chi connectivity index (χ1n) is 8.32. The summed E-state index contributed by atoms with van der Waals surface area (Å²) < 4.78 is 82.6. The molecule has 3 nitrogen and oxygen atoms in total. The van der Waals surface area contributed by atoms with Crippen LogP contribution in [0.4, 0.5) is 26.3 Å². The standard InChI is InChI=1S/C19H18ClF6NO2/c1-17(28,12-3-2-4-15(20)8-12)9-16(27)29-10-11-5-13(18(21,22)23)7-14(6-11)19(24,25)26/h2-8,16,28H,9-10,27H2,1H3. The Hall–Kier alpha value is -1.81. The zero-order chi connectivity index (χ0) is 22.0. The molecule has 0 heterocycles. The molecule has 0 radical (unpaired) electrons. The summed E-state index contributed by atoms with van der Waals surface area (Å²) in [6.45, 7) is 0.841. The summed E-state index contributed by atoms with van der Waals surface area (Å²) in [5, 5.41) is 10.9. The van der Waals surface area contributed by atoms with Gasteiger partial charge in [0.1, 0.15) is 6.23 Å². The number of benzene rings is 2. The first-order valence-corrected chi connectivity index (χ1v) is 8.70. The Morgan fingerprint density at radius 1 is 0.966 bits per heavy atom. The van der Waals surface area contributed by atoms with E-state index < -0.39 is 41.9 Å². The molecule has 0 bridgehead atoms. The van der Waals surface area contributed by atoms with E-state index in [1.165, 1.54) is 13.0 Å². The van der Waals surface area contributed by atoms with Crippen LogP contribution in [0.5, 0.6) is 0 Å². The maximum Gasteiger partial charge on any atom is 0.416 e. The molecule has 10 heteroatoms. The maximum absolute atomic E-state index is 12.9. The van der Waals surface area contributed by atoms with Gasteiger partial charge in [-0.15, -0.1) is 0 Å². The second-order valence-corrected chi connectivity index (χ2v) is 7.19. The SMILES string of the molecule is CC(O)(CC(N)OCc1cc(C(F)(F)F)cc(C(F)(F)F)c1)c1cccc(Cl)c1. The van der Waals surface area contributed by atoms with E-state index in [4.69, 9.17) is 22.1 Å². The fraction of sp³-hybridized carbons (Fsp3) is 0.368. The third-order valence-electron chi connectivity index (χ3n) is 4.16. The van der Waals surface area contributed by atoms with Gasteiger partial charge in [0.05, 0.1) is 23.3 Å². The van der Waals surface area contributed by atoms with Crippen LogP contribution >= 0.6 is 11.6 Å². The monoisotopic (exact) mass is 441 g/mol. The molecule has 3 N–H and O–H groups in total. The van der Waals surface area contributed by atoms with Crippen LogP contribution in [-0.2, 0) is 29.3 Å². The quantitative estimate of drug-likeness (QED) is 0.461. The van der Waals surface area contributed by atoms with Crippen LogP contribution in [0.3, 0.4) is 0 Å². The van der Waals surface area contributed by atoms with Gasteiger partial charge >= 0.3 is 12.4 Å². The maximum atomic E-state index is 12.9. The van der Waals surface area contributed by atoms with E-state index in [-0.39, 0.29) is 18.1 Å². The fourth-order valence-corrected chi connectivity index (χ4v) is 2.89. The van der Waals surface area contributed by atoms with Crippen LogP contribution in [0, 0.1) is 0 Å². The Balaban J connectivity index is 2.14. The molecular formula is C19H18ClF6NO2. The van der Waals surface area contributed by atoms with Gasteiger partial charge in [0, 0.05) is 11.4 Å². The van der Waals surface area contributed by atoms with Crippen molar-refractivity contribution in [1.82, 2.24) is 0 Å². The first-order chi connectivity index (χ1) is 13.2. The highest BCUT2D eigenvalue weighted by atomic mass is 35.5. The molecule has 2 atom stereocenters. The molecule has 0 saturated carbocycles. The van der Waals surface area contributed by atoms with Crippen molar-refractivity contribution >= 4 is 11.6 Å². The molecular weight excluding hydrogens is 424 g/mol. The third kappa shape index (κ3) is 6.60. The highest BCUT2D eigenvalue weighted by Gasteiger charge is 2.37. The first kappa shape index (κ1) is 23.5. The lowest BCUT2D eigenvalue weighted by Gasteiger charge is -2.27. The Bertz CT molecular complexity index is 819. The van der Waals surface area contributed by atoms with Crippen LogP contribution < -0.4 is 5.73 Å². The summed E-state index contributed by atoms with van der Waals surface area (Å²) in [6, 6.07) is 7.49. The Morgan fingerprint density at radius 3 is 2.00 bits per heavy atom. The number of aliphatic hydroxyl groups is 1. The minimum absolute atomic E-state index is 0.0351. The van der Waals surface area contributed by atoms with E-state index >= 15 is 0 Å². The van der Waals surface area contributed by atoms with Crippen LogP contribution in [0.15, 0.2) is 42.5 Å². The molecule has 0 aliphatic rings. The van der Waals surface area contributed by atoms with Gasteiger partial charge < -0.3 is 15.6 Å². The van der Waals surface area contributed by atoms with Crippen LogP contribution in [0.1, 0.15) is 35.6 Å². The average molecular weight is 442 g/mol. The molecule has 160 valence electrons. The Morgan fingerprint density at radius 2 is 1.52 bits per heavy atom. The van der Waals surface area contributed by atoms with Gasteiger partial charge in [-0.25, -0.2) is 0 Å². The van der Waals surface area contributed by atoms with Crippen LogP contribution in [0.25, 0.3) is 0 Å². The van der Waals surface area contributed by atoms with Gasteiger partial charge in [-0.1, -0.05) is 23.7 Å². The molecule has 2 rings (SSSR count). The van der Waals surface area contributed by atoms with Crippen molar-refractivity contribution in [2.24, 2.45) is 5.73 Å². The third-order valence-corrected chi connectivity index (χ3v) is 4.39. The highest BCUT2D eigenvalue weighted by molar-refractivity contribution is 6.30. The summed E-state index contributed by atoms with van der Waals surface area (Å²) in [7, 11) is 0. The Kier molecular flexibility index (Phi) is 6.89. The number of hydrogen-bond acceptors (Lipinski definition) is 3. The topological polar surface area (TPSA) is 55.5 Å². The molecule has 0 aliphatic carbocycles. The molecule has 2 aromatic carbocycles. The van der Waals surface area contributed by atoms with Gasteiger partial charge in [0.25, 0.3) is 0 Å². The van der Waals surface area contributed by atoms with E-state index in [1.54, 1.807) is 18.2 Å². The molecule has 0 aromatic heterocycles. The summed E-state index contributed by atoms with van der Waals surface area (Å²) in [5.41, 5.74) is 1.51. The predicted octanol–water partition coefficient (Wildman–Crippen LogP) is 5.48. The highest BCUT2D eigenvalue weighted by Crippen LogP contribution is 2.36. The molecule has 29 heavy (non-hydrogen) atoms. The van der Waals surface area contributed by atoms with E-state index in [0.29, 0.717) is 22.7 Å². The average Bonchev–Trinajstić information content (AvgIpc) is 2.58. The normalized spacial score (nSPS) is 15.8. The zero-order valence-corrected chi connectivity index (χ0v) is 15.9. The lowest BCUT2D eigenvalue weighted by molar-refractivity contribution is -0.143. The minimum Gasteiger partial charge on any atom is -0.385 e. The van der Waals surface area contributed by atoms with Gasteiger partial charge in [0.15, 0.2) is 0 Å². The van der Waals surface area contributed by atoms with Crippen molar-refractivity contribution in [2.45, 2.75) is 44.1 Å². The molecule has 0 saturated heterocycles. The molecule has 2 unspecified atom stereocenters. The second kappa shape index (κ2) is 8.51. The molecule has 0 amide bonds. The van der Waals surface area contributed by atoms with Gasteiger partial charge in [0.2, 0.25) is 0 Å². The lowest BCUT2D eigenvalue weighted by Crippen LogP contribution is -2.34. The van der Waals surface area contributed by atoms with Crippen molar-refractivity contribution in [2.75, 3.05) is 0 Å². The summed E-state index contributed by atoms with van der Waals surface area (Å²) in [5.74, 6) is 0. The van der Waals surface area contributed by atoms with E-state index in [2.05, 4.69) is 0 Å². The number of ether oxygens (including phenoxy) is 1. The van der Waals surface area contributed by atoms with Crippen molar-refractivity contribution in [3.63, 3.8) is 0 Å². The second-order valence-electron chi connectivity index (χ2n) is 6.75. The molecule has 0 aliphatic heterocycles. The van der Waals surface area contributed by atoms with Crippen molar-refractivity contribution in [1.29, 1.82) is 0 Å². The lowest BCUT2D eigenvalue weighted by atomic mass is 9.92. The predicted molar refractivity (Wildman–Crippen MR) is 94.9 cm³/mol.